The zero-order valence-corrected chi connectivity index (χ0v) is 10.4. The van der Waals surface area contributed by atoms with Crippen LogP contribution in [0.2, 0.25) is 0 Å². The molecule has 2 fully saturated rings. The molecule has 0 aromatic heterocycles. The third-order valence-corrected chi connectivity index (χ3v) is 4.24. The van der Waals surface area contributed by atoms with Crippen molar-refractivity contribution in [2.75, 3.05) is 26.7 Å². The Labute approximate surface area is 94.6 Å². The second-order valence-corrected chi connectivity index (χ2v) is 5.47. The fraction of sp³-hybridized carbons (Fsp3) is 1.00. The van der Waals surface area contributed by atoms with E-state index in [9.17, 15) is 0 Å². The van der Waals surface area contributed by atoms with Gasteiger partial charge in [-0.3, -0.25) is 4.90 Å². The lowest BCUT2D eigenvalue weighted by molar-refractivity contribution is 0.0957. The predicted molar refractivity (Wildman–Crippen MR) is 65.2 cm³/mol. The molecule has 15 heavy (non-hydrogen) atoms. The molecule has 0 aliphatic carbocycles. The third-order valence-electron chi connectivity index (χ3n) is 4.24. The molecule has 0 radical (unpaired) electrons. The molecule has 0 bridgehead atoms. The van der Waals surface area contributed by atoms with Crippen LogP contribution in [-0.4, -0.2) is 48.6 Å². The second-order valence-electron chi connectivity index (χ2n) is 5.47. The Morgan fingerprint density at radius 1 is 0.867 bits per heavy atom. The molecule has 2 atom stereocenters. The van der Waals surface area contributed by atoms with Gasteiger partial charge in [0.05, 0.1) is 0 Å². The van der Waals surface area contributed by atoms with E-state index in [2.05, 4.69) is 23.8 Å². The lowest BCUT2D eigenvalue weighted by Crippen LogP contribution is -2.45. The van der Waals surface area contributed by atoms with Crippen molar-refractivity contribution in [2.45, 2.75) is 57.5 Å². The number of likely N-dealkylation sites (tertiary alicyclic amines) is 2. The van der Waals surface area contributed by atoms with Crippen molar-refractivity contribution in [1.29, 1.82) is 0 Å². The zero-order valence-electron chi connectivity index (χ0n) is 10.4. The van der Waals surface area contributed by atoms with Gasteiger partial charge in [-0.1, -0.05) is 6.42 Å². The first kappa shape index (κ1) is 11.4. The van der Waals surface area contributed by atoms with Gasteiger partial charge >= 0.3 is 0 Å². The van der Waals surface area contributed by atoms with E-state index in [-0.39, 0.29) is 0 Å². The normalized spacial score (nSPS) is 36.4. The van der Waals surface area contributed by atoms with E-state index < -0.39 is 0 Å². The highest BCUT2D eigenvalue weighted by molar-refractivity contribution is 4.82. The van der Waals surface area contributed by atoms with Crippen molar-refractivity contribution >= 4 is 0 Å². The molecule has 2 aliphatic heterocycles. The summed E-state index contributed by atoms with van der Waals surface area (Å²) in [6.45, 7) is 6.38. The molecule has 2 aliphatic rings. The first-order valence-corrected chi connectivity index (χ1v) is 6.71. The number of piperidine rings is 1. The van der Waals surface area contributed by atoms with E-state index in [4.69, 9.17) is 0 Å². The van der Waals surface area contributed by atoms with Gasteiger partial charge in [-0.05, 0) is 65.7 Å². The summed E-state index contributed by atoms with van der Waals surface area (Å²) < 4.78 is 0. The lowest BCUT2D eigenvalue weighted by Gasteiger charge is -2.39. The molecule has 2 saturated heterocycles. The van der Waals surface area contributed by atoms with Crippen LogP contribution in [-0.2, 0) is 0 Å². The molecule has 2 heteroatoms. The van der Waals surface area contributed by atoms with Gasteiger partial charge in [-0.25, -0.2) is 0 Å². The summed E-state index contributed by atoms with van der Waals surface area (Å²) in [6.07, 6.45) is 8.51. The molecule has 0 spiro atoms. The maximum Gasteiger partial charge on any atom is 0.0111 e. The van der Waals surface area contributed by atoms with E-state index in [1.54, 1.807) is 0 Å². The Morgan fingerprint density at radius 2 is 1.73 bits per heavy atom. The van der Waals surface area contributed by atoms with Gasteiger partial charge in [-0.15, -0.1) is 0 Å². The van der Waals surface area contributed by atoms with Crippen LogP contribution in [0.1, 0.15) is 45.4 Å². The summed E-state index contributed by atoms with van der Waals surface area (Å²) in [6, 6.07) is 1.72. The van der Waals surface area contributed by atoms with E-state index >= 15 is 0 Å². The Kier molecular flexibility index (Phi) is 4.04. The van der Waals surface area contributed by atoms with Crippen LogP contribution in [0, 0.1) is 0 Å². The first-order valence-electron chi connectivity index (χ1n) is 6.71. The molecule has 0 aromatic carbocycles. The Bertz CT molecular complexity index is 193. The highest BCUT2D eigenvalue weighted by atomic mass is 15.2. The molecule has 2 unspecified atom stereocenters. The molecule has 0 N–H and O–H groups in total. The Hall–Kier alpha value is -0.0800. The number of hydrogen-bond acceptors (Lipinski definition) is 2. The van der Waals surface area contributed by atoms with Crippen molar-refractivity contribution in [2.24, 2.45) is 0 Å². The van der Waals surface area contributed by atoms with Gasteiger partial charge in [0, 0.05) is 12.1 Å². The summed E-state index contributed by atoms with van der Waals surface area (Å²) in [5.74, 6) is 0. The Balaban J connectivity index is 1.90. The molecule has 88 valence electrons. The van der Waals surface area contributed by atoms with Crippen molar-refractivity contribution in [3.05, 3.63) is 0 Å². The summed E-state index contributed by atoms with van der Waals surface area (Å²) >= 11 is 0. The van der Waals surface area contributed by atoms with Gasteiger partial charge in [0.15, 0.2) is 0 Å². The smallest absolute Gasteiger partial charge is 0.0111 e. The second kappa shape index (κ2) is 5.31. The third kappa shape index (κ3) is 2.94. The van der Waals surface area contributed by atoms with Crippen LogP contribution < -0.4 is 0 Å². The number of hydrogen-bond donors (Lipinski definition) is 0. The molecule has 0 saturated carbocycles. The monoisotopic (exact) mass is 210 g/mol. The van der Waals surface area contributed by atoms with Crippen molar-refractivity contribution in [3.8, 4) is 0 Å². The van der Waals surface area contributed by atoms with Gasteiger partial charge in [0.25, 0.3) is 0 Å². The quantitative estimate of drug-likeness (QED) is 0.655. The van der Waals surface area contributed by atoms with E-state index in [1.165, 1.54) is 58.2 Å². The summed E-state index contributed by atoms with van der Waals surface area (Å²) in [5.41, 5.74) is 0. The van der Waals surface area contributed by atoms with Crippen LogP contribution >= 0.6 is 0 Å². The minimum absolute atomic E-state index is 0.840. The zero-order chi connectivity index (χ0) is 10.7. The summed E-state index contributed by atoms with van der Waals surface area (Å²) in [7, 11) is 2.27. The largest absolute Gasteiger partial charge is 0.306 e. The molecular weight excluding hydrogens is 184 g/mol. The van der Waals surface area contributed by atoms with Crippen molar-refractivity contribution in [1.82, 2.24) is 9.80 Å². The van der Waals surface area contributed by atoms with Crippen molar-refractivity contribution < 1.29 is 0 Å². The van der Waals surface area contributed by atoms with Crippen molar-refractivity contribution in [3.63, 3.8) is 0 Å². The number of nitrogens with zero attached hydrogens (tertiary/aromatic N) is 2. The highest BCUT2D eigenvalue weighted by Crippen LogP contribution is 2.24. The molecule has 2 rings (SSSR count). The van der Waals surface area contributed by atoms with Gasteiger partial charge in [0.2, 0.25) is 0 Å². The molecular formula is C13H26N2. The van der Waals surface area contributed by atoms with Crippen LogP contribution in [0.5, 0.6) is 0 Å². The fourth-order valence-electron chi connectivity index (χ4n) is 3.22. The number of rotatable bonds is 1. The SMILES string of the molecule is CC1CCCCN1C1CCCN(C)CC1. The van der Waals surface area contributed by atoms with E-state index in [0.717, 1.165) is 12.1 Å². The average molecular weight is 210 g/mol. The van der Waals surface area contributed by atoms with E-state index in [0.29, 0.717) is 0 Å². The standard InChI is InChI=1S/C13H26N2/c1-12-6-3-4-10-15(12)13-7-5-9-14(2)11-8-13/h12-13H,3-11H2,1-2H3. The molecule has 0 aromatic rings. The average Bonchev–Trinajstić information content (AvgIpc) is 2.44. The fourth-order valence-corrected chi connectivity index (χ4v) is 3.22. The first-order chi connectivity index (χ1) is 7.27. The van der Waals surface area contributed by atoms with Crippen LogP contribution in [0.4, 0.5) is 0 Å². The maximum absolute atomic E-state index is 2.79. The van der Waals surface area contributed by atoms with Gasteiger partial charge in [0.1, 0.15) is 0 Å². The minimum atomic E-state index is 0.840. The summed E-state index contributed by atoms with van der Waals surface area (Å²) in [5, 5.41) is 0. The molecule has 0 amide bonds. The minimum Gasteiger partial charge on any atom is -0.306 e. The topological polar surface area (TPSA) is 6.48 Å². The van der Waals surface area contributed by atoms with Crippen LogP contribution in [0.15, 0.2) is 0 Å². The highest BCUT2D eigenvalue weighted by Gasteiger charge is 2.26. The molecule has 2 nitrogen and oxygen atoms in total. The predicted octanol–water partition coefficient (Wildman–Crippen LogP) is 2.35. The van der Waals surface area contributed by atoms with Gasteiger partial charge < -0.3 is 4.90 Å². The van der Waals surface area contributed by atoms with Gasteiger partial charge in [-0.2, -0.15) is 0 Å². The maximum atomic E-state index is 2.79. The summed E-state index contributed by atoms with van der Waals surface area (Å²) in [4.78, 5) is 5.29. The van der Waals surface area contributed by atoms with E-state index in [1.807, 2.05) is 0 Å². The lowest BCUT2D eigenvalue weighted by atomic mass is 9.98. The Morgan fingerprint density at radius 3 is 2.53 bits per heavy atom. The van der Waals surface area contributed by atoms with Crippen LogP contribution in [0.25, 0.3) is 0 Å². The molecule has 2 heterocycles. The van der Waals surface area contributed by atoms with Crippen LogP contribution in [0.3, 0.4) is 0 Å².